The highest BCUT2D eigenvalue weighted by molar-refractivity contribution is 6.06. The molecule has 7 heteroatoms. The van der Waals surface area contributed by atoms with Gasteiger partial charge in [0, 0.05) is 31.6 Å². The zero-order valence-electron chi connectivity index (χ0n) is 17.7. The first-order valence-electron chi connectivity index (χ1n) is 10.8. The number of benzene rings is 2. The zero-order chi connectivity index (χ0) is 22.4. The third-order valence-corrected chi connectivity index (χ3v) is 6.41. The highest BCUT2D eigenvalue weighted by Crippen LogP contribution is 2.33. The maximum Gasteiger partial charge on any atom is 0.344 e. The van der Waals surface area contributed by atoms with E-state index in [4.69, 9.17) is 4.74 Å². The van der Waals surface area contributed by atoms with Gasteiger partial charge in [0.25, 0.3) is 5.91 Å². The number of hydrogen-bond acceptors (Lipinski definition) is 4. The number of esters is 1. The molecule has 0 bridgehead atoms. The quantitative estimate of drug-likeness (QED) is 0.690. The molecule has 1 aliphatic carbocycles. The van der Waals surface area contributed by atoms with Gasteiger partial charge in [-0.3, -0.25) is 9.59 Å². The van der Waals surface area contributed by atoms with Crippen molar-refractivity contribution >= 4 is 29.6 Å². The normalized spacial score (nSPS) is 20.9. The first-order chi connectivity index (χ1) is 15.4. The average molecular weight is 434 g/mol. The lowest BCUT2D eigenvalue weighted by atomic mass is 10.0. The summed E-state index contributed by atoms with van der Waals surface area (Å²) in [4.78, 5) is 40.8. The van der Waals surface area contributed by atoms with Crippen molar-refractivity contribution in [2.75, 3.05) is 20.1 Å². The molecule has 1 saturated heterocycles. The molecular weight excluding hydrogens is 411 g/mol. The molecule has 164 valence electrons. The average Bonchev–Trinajstić information content (AvgIpc) is 3.45. The molecule has 1 saturated carbocycles. The lowest BCUT2D eigenvalue weighted by molar-refractivity contribution is -0.133. The Kier molecular flexibility index (Phi) is 5.04. The number of amides is 2. The van der Waals surface area contributed by atoms with Crippen molar-refractivity contribution in [1.82, 2.24) is 9.80 Å². The number of carbonyl (C=O) groups is 3. The molecule has 2 aliphatic heterocycles. The largest absolute Gasteiger partial charge is 0.422 e. The van der Waals surface area contributed by atoms with Crippen molar-refractivity contribution < 1.29 is 23.5 Å². The van der Waals surface area contributed by atoms with Gasteiger partial charge in [-0.1, -0.05) is 24.3 Å². The molecule has 0 N–H and O–H groups in total. The summed E-state index contributed by atoms with van der Waals surface area (Å²) in [5.41, 5.74) is 1.67. The van der Waals surface area contributed by atoms with E-state index in [1.165, 1.54) is 12.1 Å². The van der Waals surface area contributed by atoms with E-state index in [2.05, 4.69) is 0 Å². The standard InChI is InChI=1S/C25H23FN2O4/c1-27(23(29)16-7-8-16)17-10-11-28(14-17)24(30)20-12-15(6-9-21(20)26)13-22-18-4-2-3-5-19(18)25(31)32-22/h2-6,9,12-13,16-17H,7-8,10-11,14H2,1H3/b22-13-/t17-/m1/s1. The number of nitrogens with zero attached hydrogens (tertiary/aromatic N) is 2. The summed E-state index contributed by atoms with van der Waals surface area (Å²) in [6.45, 7) is 0.866. The van der Waals surface area contributed by atoms with Gasteiger partial charge in [0.1, 0.15) is 11.6 Å². The second kappa shape index (κ2) is 7.89. The monoisotopic (exact) mass is 434 g/mol. The third kappa shape index (κ3) is 3.68. The number of rotatable bonds is 4. The fourth-order valence-corrected chi connectivity index (χ4v) is 4.35. The van der Waals surface area contributed by atoms with Gasteiger partial charge in [-0.2, -0.15) is 0 Å². The second-order valence-electron chi connectivity index (χ2n) is 8.60. The molecule has 2 aromatic rings. The van der Waals surface area contributed by atoms with Crippen LogP contribution in [0.5, 0.6) is 0 Å². The molecule has 2 amide bonds. The second-order valence-corrected chi connectivity index (χ2v) is 8.60. The lowest BCUT2D eigenvalue weighted by Gasteiger charge is -2.25. The number of hydrogen-bond donors (Lipinski definition) is 0. The fourth-order valence-electron chi connectivity index (χ4n) is 4.35. The van der Waals surface area contributed by atoms with Crippen molar-refractivity contribution in [2.24, 2.45) is 5.92 Å². The van der Waals surface area contributed by atoms with Crippen LogP contribution in [0.3, 0.4) is 0 Å². The number of halogens is 1. The Morgan fingerprint density at radius 2 is 1.88 bits per heavy atom. The van der Waals surface area contributed by atoms with Crippen LogP contribution >= 0.6 is 0 Å². The van der Waals surface area contributed by atoms with Crippen LogP contribution in [0.25, 0.3) is 11.8 Å². The SMILES string of the molecule is CN(C(=O)C1CC1)[C@@H]1CCN(C(=O)c2cc(/C=C3\OC(=O)c4ccccc43)ccc2F)C1. The van der Waals surface area contributed by atoms with E-state index in [1.807, 2.05) is 6.07 Å². The van der Waals surface area contributed by atoms with Gasteiger partial charge in [-0.25, -0.2) is 9.18 Å². The van der Waals surface area contributed by atoms with Gasteiger partial charge in [-0.15, -0.1) is 0 Å². The van der Waals surface area contributed by atoms with Crippen LogP contribution in [-0.4, -0.2) is 53.8 Å². The van der Waals surface area contributed by atoms with Crippen molar-refractivity contribution in [3.63, 3.8) is 0 Å². The van der Waals surface area contributed by atoms with E-state index >= 15 is 0 Å². The minimum atomic E-state index is -0.605. The molecule has 6 nitrogen and oxygen atoms in total. The summed E-state index contributed by atoms with van der Waals surface area (Å²) >= 11 is 0. The maximum absolute atomic E-state index is 14.6. The van der Waals surface area contributed by atoms with E-state index in [-0.39, 0.29) is 23.4 Å². The van der Waals surface area contributed by atoms with Crippen LogP contribution < -0.4 is 0 Å². The van der Waals surface area contributed by atoms with Gasteiger partial charge in [0.15, 0.2) is 0 Å². The van der Waals surface area contributed by atoms with E-state index in [0.717, 1.165) is 12.8 Å². The van der Waals surface area contributed by atoms with Crippen molar-refractivity contribution in [3.8, 4) is 0 Å². The number of likely N-dealkylation sites (tertiary alicyclic amines) is 1. The molecule has 2 heterocycles. The minimum Gasteiger partial charge on any atom is -0.422 e. The Morgan fingerprint density at radius 1 is 1.12 bits per heavy atom. The highest BCUT2D eigenvalue weighted by atomic mass is 19.1. The number of fused-ring (bicyclic) bond motifs is 1. The summed E-state index contributed by atoms with van der Waals surface area (Å²) < 4.78 is 19.9. The predicted octanol–water partition coefficient (Wildman–Crippen LogP) is 3.58. The van der Waals surface area contributed by atoms with Crippen LogP contribution in [-0.2, 0) is 9.53 Å². The van der Waals surface area contributed by atoms with Crippen LogP contribution in [0.2, 0.25) is 0 Å². The van der Waals surface area contributed by atoms with Gasteiger partial charge in [0.05, 0.1) is 17.2 Å². The zero-order valence-corrected chi connectivity index (χ0v) is 17.7. The molecule has 0 radical (unpaired) electrons. The molecule has 32 heavy (non-hydrogen) atoms. The van der Waals surface area contributed by atoms with Crippen molar-refractivity contribution in [3.05, 3.63) is 70.5 Å². The van der Waals surface area contributed by atoms with E-state index in [9.17, 15) is 18.8 Å². The highest BCUT2D eigenvalue weighted by Gasteiger charge is 2.38. The van der Waals surface area contributed by atoms with Crippen LogP contribution in [0.4, 0.5) is 4.39 Å². The number of carbonyl (C=O) groups excluding carboxylic acids is 3. The summed E-state index contributed by atoms with van der Waals surface area (Å²) in [6, 6.07) is 11.3. The molecule has 2 aromatic carbocycles. The van der Waals surface area contributed by atoms with Crippen LogP contribution in [0, 0.1) is 11.7 Å². The Balaban J connectivity index is 1.35. The molecule has 5 rings (SSSR count). The topological polar surface area (TPSA) is 66.9 Å². The fraction of sp³-hybridized carbons (Fsp3) is 0.320. The van der Waals surface area contributed by atoms with Crippen molar-refractivity contribution in [1.29, 1.82) is 0 Å². The number of cyclic esters (lactones) is 1. The lowest BCUT2D eigenvalue weighted by Crippen LogP contribution is -2.40. The Bertz CT molecular complexity index is 1150. The van der Waals surface area contributed by atoms with Crippen LogP contribution in [0.1, 0.15) is 51.1 Å². The predicted molar refractivity (Wildman–Crippen MR) is 116 cm³/mol. The van der Waals surface area contributed by atoms with Crippen LogP contribution in [0.15, 0.2) is 42.5 Å². The molecule has 0 unspecified atom stereocenters. The summed E-state index contributed by atoms with van der Waals surface area (Å²) in [6.07, 6.45) is 4.19. The number of ether oxygens (including phenoxy) is 1. The Hall–Kier alpha value is -3.48. The van der Waals surface area contributed by atoms with E-state index in [1.54, 1.807) is 47.2 Å². The molecule has 1 atom stereocenters. The summed E-state index contributed by atoms with van der Waals surface area (Å²) in [5, 5.41) is 0. The van der Waals surface area contributed by atoms with Gasteiger partial charge in [-0.05, 0) is 49.1 Å². The number of likely N-dealkylation sites (N-methyl/N-ethyl adjacent to an activating group) is 1. The van der Waals surface area contributed by atoms with E-state index in [0.29, 0.717) is 42.0 Å². The van der Waals surface area contributed by atoms with Crippen molar-refractivity contribution in [2.45, 2.75) is 25.3 Å². The van der Waals surface area contributed by atoms with Gasteiger partial charge in [0.2, 0.25) is 5.91 Å². The summed E-state index contributed by atoms with van der Waals surface area (Å²) in [5.74, 6) is -0.805. The minimum absolute atomic E-state index is 0.0335. The third-order valence-electron chi connectivity index (χ3n) is 6.41. The molecule has 0 aromatic heterocycles. The van der Waals surface area contributed by atoms with Gasteiger partial charge < -0.3 is 14.5 Å². The first kappa shape index (κ1) is 20.4. The molecular formula is C25H23FN2O4. The molecule has 2 fully saturated rings. The van der Waals surface area contributed by atoms with E-state index < -0.39 is 17.7 Å². The smallest absolute Gasteiger partial charge is 0.344 e. The Labute approximate surface area is 185 Å². The first-order valence-corrected chi connectivity index (χ1v) is 10.8. The maximum atomic E-state index is 14.6. The Morgan fingerprint density at radius 3 is 2.62 bits per heavy atom. The molecule has 0 spiro atoms. The molecule has 3 aliphatic rings. The summed E-state index contributed by atoms with van der Waals surface area (Å²) in [7, 11) is 1.79. The van der Waals surface area contributed by atoms with Gasteiger partial charge >= 0.3 is 5.97 Å².